The Balaban J connectivity index is 1.91. The van der Waals surface area contributed by atoms with Crippen molar-refractivity contribution in [2.45, 2.75) is 26.4 Å². The van der Waals surface area contributed by atoms with Gasteiger partial charge < -0.3 is 14.8 Å². The molecule has 0 aliphatic carbocycles. The fourth-order valence-corrected chi connectivity index (χ4v) is 1.98. The molecule has 6 heteroatoms. The van der Waals surface area contributed by atoms with Crippen molar-refractivity contribution in [3.8, 4) is 5.75 Å². The first kappa shape index (κ1) is 18.4. The second kappa shape index (κ2) is 8.82. The number of halogens is 1. The third-order valence-corrected chi connectivity index (χ3v) is 3.32. The molecule has 0 aromatic heterocycles. The molecule has 132 valence electrons. The predicted octanol–water partition coefficient (Wildman–Crippen LogP) is 3.80. The fourth-order valence-electron chi connectivity index (χ4n) is 1.98. The summed E-state index contributed by atoms with van der Waals surface area (Å²) in [6.07, 6.45) is -0.00843. The van der Waals surface area contributed by atoms with Gasteiger partial charge >= 0.3 is 5.97 Å². The van der Waals surface area contributed by atoms with E-state index in [1.165, 1.54) is 24.3 Å². The van der Waals surface area contributed by atoms with Crippen LogP contribution in [0.4, 0.5) is 10.1 Å². The van der Waals surface area contributed by atoms with Crippen molar-refractivity contribution in [1.29, 1.82) is 0 Å². The number of hydrogen-bond acceptors (Lipinski definition) is 4. The Labute approximate surface area is 145 Å². The summed E-state index contributed by atoms with van der Waals surface area (Å²) in [6.45, 7) is 3.88. The van der Waals surface area contributed by atoms with E-state index in [-0.39, 0.29) is 11.7 Å². The van der Waals surface area contributed by atoms with Crippen molar-refractivity contribution >= 4 is 17.6 Å². The molecule has 25 heavy (non-hydrogen) atoms. The van der Waals surface area contributed by atoms with Gasteiger partial charge in [0.15, 0.2) is 6.10 Å². The van der Waals surface area contributed by atoms with Crippen LogP contribution < -0.4 is 10.1 Å². The monoisotopic (exact) mass is 345 g/mol. The number of hydrogen-bond donors (Lipinski definition) is 1. The maximum Gasteiger partial charge on any atom is 0.338 e. The predicted molar refractivity (Wildman–Crippen MR) is 92.1 cm³/mol. The first-order chi connectivity index (χ1) is 12.0. The zero-order valence-corrected chi connectivity index (χ0v) is 14.1. The molecule has 1 unspecified atom stereocenters. The quantitative estimate of drug-likeness (QED) is 0.775. The highest BCUT2D eigenvalue weighted by Gasteiger charge is 2.15. The maximum atomic E-state index is 12.9. The second-order valence-corrected chi connectivity index (χ2v) is 5.42. The summed E-state index contributed by atoms with van der Waals surface area (Å²) < 4.78 is 23.4. The first-order valence-corrected chi connectivity index (χ1v) is 8.00. The van der Waals surface area contributed by atoms with E-state index in [9.17, 15) is 14.0 Å². The molecule has 0 bridgehead atoms. The molecule has 0 spiro atoms. The van der Waals surface area contributed by atoms with Crippen molar-refractivity contribution in [2.24, 2.45) is 0 Å². The van der Waals surface area contributed by atoms with Crippen molar-refractivity contribution in [3.05, 3.63) is 59.9 Å². The summed E-state index contributed by atoms with van der Waals surface area (Å²) in [7, 11) is 0. The summed E-state index contributed by atoms with van der Waals surface area (Å²) in [5, 5.41) is 2.69. The zero-order chi connectivity index (χ0) is 18.2. The summed E-state index contributed by atoms with van der Waals surface area (Å²) in [5.74, 6) is -0.724. The summed E-state index contributed by atoms with van der Waals surface area (Å²) in [6, 6.07) is 11.8. The molecule has 2 aromatic rings. The Bertz CT molecular complexity index is 713. The number of ether oxygens (including phenoxy) is 2. The van der Waals surface area contributed by atoms with Crippen LogP contribution >= 0.6 is 0 Å². The minimum Gasteiger partial charge on any atom is -0.481 e. The molecule has 0 aliphatic heterocycles. The molecule has 5 nitrogen and oxygen atoms in total. The third-order valence-electron chi connectivity index (χ3n) is 3.32. The molecular weight excluding hydrogens is 325 g/mol. The number of carbonyl (C=O) groups excluding carboxylic acids is 2. The van der Waals surface area contributed by atoms with E-state index in [4.69, 9.17) is 9.47 Å². The number of benzene rings is 2. The van der Waals surface area contributed by atoms with Gasteiger partial charge in [-0.05, 0) is 61.9 Å². The smallest absolute Gasteiger partial charge is 0.338 e. The molecule has 1 N–H and O–H groups in total. The molecule has 0 saturated carbocycles. The Morgan fingerprint density at radius 2 is 1.72 bits per heavy atom. The van der Waals surface area contributed by atoms with Gasteiger partial charge in [0.1, 0.15) is 11.6 Å². The van der Waals surface area contributed by atoms with Crippen LogP contribution in [0.5, 0.6) is 5.75 Å². The van der Waals surface area contributed by atoms with Crippen molar-refractivity contribution in [2.75, 3.05) is 11.9 Å². The van der Waals surface area contributed by atoms with Gasteiger partial charge in [-0.3, -0.25) is 4.79 Å². The number of amides is 1. The molecule has 2 rings (SSSR count). The van der Waals surface area contributed by atoms with E-state index in [2.05, 4.69) is 5.32 Å². The van der Waals surface area contributed by atoms with Crippen LogP contribution in [0.25, 0.3) is 0 Å². The van der Waals surface area contributed by atoms with Gasteiger partial charge in [0.05, 0.1) is 12.2 Å². The zero-order valence-electron chi connectivity index (χ0n) is 14.1. The number of carbonyl (C=O) groups is 2. The van der Waals surface area contributed by atoms with E-state index >= 15 is 0 Å². The number of nitrogens with one attached hydrogen (secondary N) is 1. The topological polar surface area (TPSA) is 64.6 Å². The third kappa shape index (κ3) is 5.60. The van der Waals surface area contributed by atoms with Crippen LogP contribution in [0.15, 0.2) is 48.5 Å². The summed E-state index contributed by atoms with van der Waals surface area (Å²) in [4.78, 5) is 23.9. The molecule has 1 amide bonds. The lowest BCUT2D eigenvalue weighted by Gasteiger charge is -2.15. The molecule has 0 radical (unpaired) electrons. The minimum absolute atomic E-state index is 0.356. The minimum atomic E-state index is -0.764. The van der Waals surface area contributed by atoms with Crippen LogP contribution in [-0.4, -0.2) is 24.6 Å². The second-order valence-electron chi connectivity index (χ2n) is 5.42. The Morgan fingerprint density at radius 1 is 1.08 bits per heavy atom. The highest BCUT2D eigenvalue weighted by Crippen LogP contribution is 2.15. The highest BCUT2D eigenvalue weighted by molar-refractivity contribution is 5.95. The van der Waals surface area contributed by atoms with E-state index in [0.29, 0.717) is 23.6 Å². The van der Waals surface area contributed by atoms with Gasteiger partial charge in [-0.1, -0.05) is 6.92 Å². The molecule has 1 atom stereocenters. The molecular formula is C19H20FNO4. The van der Waals surface area contributed by atoms with Crippen LogP contribution in [0.2, 0.25) is 0 Å². The average molecular weight is 345 g/mol. The lowest BCUT2D eigenvalue weighted by molar-refractivity contribution is -0.122. The van der Waals surface area contributed by atoms with Crippen molar-refractivity contribution in [1.82, 2.24) is 0 Å². The van der Waals surface area contributed by atoms with E-state index < -0.39 is 12.1 Å². The van der Waals surface area contributed by atoms with Gasteiger partial charge in [0, 0.05) is 5.69 Å². The van der Waals surface area contributed by atoms with E-state index in [1.54, 1.807) is 31.2 Å². The van der Waals surface area contributed by atoms with E-state index in [1.807, 2.05) is 6.92 Å². The van der Waals surface area contributed by atoms with Crippen LogP contribution in [-0.2, 0) is 9.53 Å². The summed E-state index contributed by atoms with van der Waals surface area (Å²) in [5.41, 5.74) is 0.952. The van der Waals surface area contributed by atoms with Gasteiger partial charge in [-0.25, -0.2) is 9.18 Å². The number of anilines is 1. The maximum absolute atomic E-state index is 12.9. The summed E-state index contributed by atoms with van der Waals surface area (Å²) >= 11 is 0. The standard InChI is InChI=1S/C19H20FNO4/c1-3-12-24-19(23)14-4-8-16(9-5-14)21-18(22)13(2)25-17-10-6-15(20)7-11-17/h4-11,13H,3,12H2,1-2H3,(H,21,22). The van der Waals surface area contributed by atoms with Gasteiger partial charge in [0.25, 0.3) is 5.91 Å². The largest absolute Gasteiger partial charge is 0.481 e. The van der Waals surface area contributed by atoms with Gasteiger partial charge in [-0.2, -0.15) is 0 Å². The Morgan fingerprint density at radius 3 is 2.32 bits per heavy atom. The van der Waals surface area contributed by atoms with Crippen LogP contribution in [0, 0.1) is 5.82 Å². The van der Waals surface area contributed by atoms with Gasteiger partial charge in [-0.15, -0.1) is 0 Å². The molecule has 0 aliphatic rings. The van der Waals surface area contributed by atoms with Crippen LogP contribution in [0.1, 0.15) is 30.6 Å². The normalized spacial score (nSPS) is 11.5. The Kier molecular flexibility index (Phi) is 6.51. The molecule has 0 saturated heterocycles. The van der Waals surface area contributed by atoms with E-state index in [0.717, 1.165) is 6.42 Å². The van der Waals surface area contributed by atoms with Crippen molar-refractivity contribution < 1.29 is 23.5 Å². The first-order valence-electron chi connectivity index (χ1n) is 8.00. The lowest BCUT2D eigenvalue weighted by atomic mass is 10.2. The Hall–Kier alpha value is -2.89. The van der Waals surface area contributed by atoms with Crippen molar-refractivity contribution in [3.63, 3.8) is 0 Å². The SMILES string of the molecule is CCCOC(=O)c1ccc(NC(=O)C(C)Oc2ccc(F)cc2)cc1. The molecule has 0 fully saturated rings. The van der Waals surface area contributed by atoms with Crippen LogP contribution in [0.3, 0.4) is 0 Å². The fraction of sp³-hybridized carbons (Fsp3) is 0.263. The average Bonchev–Trinajstić information content (AvgIpc) is 2.62. The highest BCUT2D eigenvalue weighted by atomic mass is 19.1. The molecule has 0 heterocycles. The number of rotatable bonds is 7. The number of esters is 1. The van der Waals surface area contributed by atoms with Gasteiger partial charge in [0.2, 0.25) is 0 Å². The molecule has 2 aromatic carbocycles. The lowest BCUT2D eigenvalue weighted by Crippen LogP contribution is -2.30.